The lowest BCUT2D eigenvalue weighted by Crippen LogP contribution is -2.50. The zero-order valence-electron chi connectivity index (χ0n) is 8.30. The predicted octanol–water partition coefficient (Wildman–Crippen LogP) is 0.913. The number of carbonyl (C=O) groups excluding carboxylic acids is 1. The Morgan fingerprint density at radius 3 is 2.44 bits per heavy atom. The molecule has 92 valence electrons. The van der Waals surface area contributed by atoms with Crippen molar-refractivity contribution in [2.45, 2.75) is 25.1 Å². The van der Waals surface area contributed by atoms with Gasteiger partial charge in [0.05, 0.1) is 11.0 Å². The average Bonchev–Trinajstić information content (AvgIpc) is 2.92. The molecule has 1 atom stereocenters. The number of carbonyl (C=O) groups is 1. The van der Waals surface area contributed by atoms with Gasteiger partial charge in [-0.3, -0.25) is 0 Å². The van der Waals surface area contributed by atoms with Crippen LogP contribution in [-0.2, 0) is 0 Å². The Bertz CT molecular complexity index is 291. The molecule has 0 spiro atoms. The van der Waals surface area contributed by atoms with Crippen LogP contribution < -0.4 is 16.4 Å². The number of alkyl halides is 3. The van der Waals surface area contributed by atoms with Gasteiger partial charge in [-0.1, -0.05) is 12.2 Å². The van der Waals surface area contributed by atoms with Crippen molar-refractivity contribution in [1.82, 2.24) is 10.6 Å². The van der Waals surface area contributed by atoms with E-state index in [0.717, 1.165) is 12.8 Å². The Morgan fingerprint density at radius 1 is 1.50 bits per heavy atom. The first-order valence-electron chi connectivity index (χ1n) is 4.70. The number of urea groups is 1. The zero-order chi connectivity index (χ0) is 12.3. The summed E-state index contributed by atoms with van der Waals surface area (Å²) in [6.45, 7) is -1.37. The first kappa shape index (κ1) is 13.0. The molecule has 1 aliphatic carbocycles. The molecular formula is C8H12F3N3OS. The van der Waals surface area contributed by atoms with Crippen LogP contribution >= 0.6 is 12.2 Å². The van der Waals surface area contributed by atoms with Crippen LogP contribution in [0.25, 0.3) is 0 Å². The van der Waals surface area contributed by atoms with Gasteiger partial charge in [0.1, 0.15) is 6.54 Å². The second-order valence-electron chi connectivity index (χ2n) is 3.66. The van der Waals surface area contributed by atoms with E-state index in [-0.39, 0.29) is 10.9 Å². The van der Waals surface area contributed by atoms with Crippen molar-refractivity contribution in [2.75, 3.05) is 6.54 Å². The summed E-state index contributed by atoms with van der Waals surface area (Å²) in [5.41, 5.74) is 5.37. The van der Waals surface area contributed by atoms with Gasteiger partial charge >= 0.3 is 12.2 Å². The topological polar surface area (TPSA) is 67.1 Å². The lowest BCUT2D eigenvalue weighted by Gasteiger charge is -2.17. The Balaban J connectivity index is 2.34. The SMILES string of the molecule is NC(=S)C(NC(=O)NCC(F)(F)F)C1CC1. The number of thiocarbonyl (C=S) groups is 1. The Labute approximate surface area is 95.7 Å². The molecule has 8 heteroatoms. The summed E-state index contributed by atoms with van der Waals surface area (Å²) in [6, 6.07) is -1.41. The molecule has 0 bridgehead atoms. The average molecular weight is 255 g/mol. The smallest absolute Gasteiger partial charge is 0.392 e. The summed E-state index contributed by atoms with van der Waals surface area (Å²) < 4.78 is 35.4. The molecule has 1 unspecified atom stereocenters. The minimum Gasteiger partial charge on any atom is -0.392 e. The van der Waals surface area contributed by atoms with Crippen LogP contribution in [0, 0.1) is 5.92 Å². The van der Waals surface area contributed by atoms with Gasteiger partial charge in [0.15, 0.2) is 0 Å². The normalized spacial score (nSPS) is 17.7. The molecular weight excluding hydrogens is 243 g/mol. The third kappa shape index (κ3) is 4.65. The maximum atomic E-state index is 11.8. The van der Waals surface area contributed by atoms with Gasteiger partial charge in [-0.25, -0.2) is 4.79 Å². The van der Waals surface area contributed by atoms with Gasteiger partial charge in [-0.2, -0.15) is 13.2 Å². The highest BCUT2D eigenvalue weighted by atomic mass is 32.1. The number of rotatable bonds is 4. The Morgan fingerprint density at radius 2 is 2.06 bits per heavy atom. The maximum absolute atomic E-state index is 11.8. The van der Waals surface area contributed by atoms with Crippen LogP contribution in [0.2, 0.25) is 0 Å². The van der Waals surface area contributed by atoms with Crippen molar-refractivity contribution < 1.29 is 18.0 Å². The first-order chi connectivity index (χ1) is 7.29. The quantitative estimate of drug-likeness (QED) is 0.654. The van der Waals surface area contributed by atoms with Crippen molar-refractivity contribution in [1.29, 1.82) is 0 Å². The van der Waals surface area contributed by atoms with Crippen LogP contribution in [0.4, 0.5) is 18.0 Å². The van der Waals surface area contributed by atoms with E-state index in [2.05, 4.69) is 5.32 Å². The fourth-order valence-electron chi connectivity index (χ4n) is 1.22. The van der Waals surface area contributed by atoms with E-state index in [0.29, 0.717) is 0 Å². The third-order valence-electron chi connectivity index (χ3n) is 2.14. The van der Waals surface area contributed by atoms with Crippen molar-refractivity contribution in [3.05, 3.63) is 0 Å². The van der Waals surface area contributed by atoms with Gasteiger partial charge < -0.3 is 16.4 Å². The Hall–Kier alpha value is -1.05. The number of nitrogens with one attached hydrogen (secondary N) is 2. The van der Waals surface area contributed by atoms with Crippen molar-refractivity contribution >= 4 is 23.2 Å². The molecule has 4 N–H and O–H groups in total. The number of hydrogen-bond donors (Lipinski definition) is 3. The predicted molar refractivity (Wildman–Crippen MR) is 55.9 cm³/mol. The Kier molecular flexibility index (Phi) is 3.95. The minimum absolute atomic E-state index is 0.102. The molecule has 4 nitrogen and oxygen atoms in total. The first-order valence-corrected chi connectivity index (χ1v) is 5.11. The molecule has 2 amide bonds. The molecule has 1 rings (SSSR count). The highest BCUT2D eigenvalue weighted by Crippen LogP contribution is 2.32. The fourth-order valence-corrected chi connectivity index (χ4v) is 1.47. The molecule has 0 heterocycles. The molecule has 0 aromatic rings. The van der Waals surface area contributed by atoms with Gasteiger partial charge in [-0.15, -0.1) is 0 Å². The van der Waals surface area contributed by atoms with Crippen molar-refractivity contribution in [3.8, 4) is 0 Å². The second-order valence-corrected chi connectivity index (χ2v) is 4.13. The highest BCUT2D eigenvalue weighted by Gasteiger charge is 2.35. The van der Waals surface area contributed by atoms with Gasteiger partial charge in [0.2, 0.25) is 0 Å². The van der Waals surface area contributed by atoms with Crippen molar-refractivity contribution in [2.24, 2.45) is 11.7 Å². The molecule has 0 radical (unpaired) electrons. The number of nitrogens with two attached hydrogens (primary N) is 1. The molecule has 0 saturated heterocycles. The maximum Gasteiger partial charge on any atom is 0.405 e. The van der Waals surface area contributed by atoms with Crippen LogP contribution in [-0.4, -0.2) is 29.8 Å². The molecule has 1 fully saturated rings. The van der Waals surface area contributed by atoms with E-state index < -0.39 is 24.8 Å². The highest BCUT2D eigenvalue weighted by molar-refractivity contribution is 7.80. The lowest BCUT2D eigenvalue weighted by molar-refractivity contribution is -0.122. The molecule has 0 aromatic heterocycles. The fraction of sp³-hybridized carbons (Fsp3) is 0.750. The van der Waals surface area contributed by atoms with Gasteiger partial charge in [0.25, 0.3) is 0 Å². The van der Waals surface area contributed by atoms with E-state index in [1.807, 2.05) is 0 Å². The summed E-state index contributed by atoms with van der Waals surface area (Å²) >= 11 is 4.72. The largest absolute Gasteiger partial charge is 0.405 e. The van der Waals surface area contributed by atoms with E-state index in [4.69, 9.17) is 18.0 Å². The van der Waals surface area contributed by atoms with Gasteiger partial charge in [-0.05, 0) is 18.8 Å². The van der Waals surface area contributed by atoms with Crippen LogP contribution in [0.1, 0.15) is 12.8 Å². The van der Waals surface area contributed by atoms with E-state index in [1.54, 1.807) is 5.32 Å². The summed E-state index contributed by atoms with van der Waals surface area (Å²) in [4.78, 5) is 11.2. The van der Waals surface area contributed by atoms with Gasteiger partial charge in [0, 0.05) is 0 Å². The lowest BCUT2D eigenvalue weighted by atomic mass is 10.2. The van der Waals surface area contributed by atoms with Crippen LogP contribution in [0.5, 0.6) is 0 Å². The molecule has 1 aliphatic rings. The van der Waals surface area contributed by atoms with E-state index in [9.17, 15) is 18.0 Å². The van der Waals surface area contributed by atoms with E-state index >= 15 is 0 Å². The standard InChI is InChI=1S/C8H12F3N3OS/c9-8(10,11)3-13-7(15)14-5(6(12)16)4-1-2-4/h4-5H,1-3H2,(H2,12,16)(H2,13,14,15). The summed E-state index contributed by atoms with van der Waals surface area (Å²) in [5, 5.41) is 4.04. The molecule has 16 heavy (non-hydrogen) atoms. The zero-order valence-corrected chi connectivity index (χ0v) is 9.12. The summed E-state index contributed by atoms with van der Waals surface area (Å²) in [5.74, 6) is 0.161. The number of halogens is 3. The molecule has 0 aromatic carbocycles. The number of hydrogen-bond acceptors (Lipinski definition) is 2. The number of amides is 2. The van der Waals surface area contributed by atoms with E-state index in [1.165, 1.54) is 0 Å². The summed E-state index contributed by atoms with van der Waals surface area (Å²) in [7, 11) is 0. The van der Waals surface area contributed by atoms with Crippen molar-refractivity contribution in [3.63, 3.8) is 0 Å². The molecule has 0 aliphatic heterocycles. The van der Waals surface area contributed by atoms with Crippen LogP contribution in [0.3, 0.4) is 0 Å². The third-order valence-corrected chi connectivity index (χ3v) is 2.39. The molecule has 1 saturated carbocycles. The monoisotopic (exact) mass is 255 g/mol. The minimum atomic E-state index is -4.42. The summed E-state index contributed by atoms with van der Waals surface area (Å²) in [6.07, 6.45) is -2.67. The van der Waals surface area contributed by atoms with Crippen LogP contribution in [0.15, 0.2) is 0 Å². The second kappa shape index (κ2) is 4.86.